The number of amides is 1. The first-order chi connectivity index (χ1) is 44.3. The van der Waals surface area contributed by atoms with E-state index < -0.39 is 49.5 Å². The van der Waals surface area contributed by atoms with Crippen LogP contribution in [0.5, 0.6) is 0 Å². The van der Waals surface area contributed by atoms with E-state index in [1.807, 2.05) is 6.08 Å². The number of aliphatic hydroxyl groups is 5. The summed E-state index contributed by atoms with van der Waals surface area (Å²) < 4.78 is 11.4. The van der Waals surface area contributed by atoms with Gasteiger partial charge >= 0.3 is 0 Å². The summed E-state index contributed by atoms with van der Waals surface area (Å²) in [5.74, 6) is -0.165. The molecule has 0 aromatic rings. The first-order valence-electron chi connectivity index (χ1n) is 40.9. The summed E-state index contributed by atoms with van der Waals surface area (Å²) in [6.07, 6.45) is 86.7. The van der Waals surface area contributed by atoms with Crippen molar-refractivity contribution in [1.29, 1.82) is 0 Å². The second kappa shape index (κ2) is 70.7. The van der Waals surface area contributed by atoms with E-state index in [0.29, 0.717) is 6.42 Å². The van der Waals surface area contributed by atoms with Gasteiger partial charge < -0.3 is 40.3 Å². The molecule has 0 radical (unpaired) electrons. The molecule has 1 rings (SSSR count). The SMILES string of the molecule is CCCCCCCCCCCCCCCCCCCCCCCCCCCCC/C=C/C(O)C(COC1OC(CO)C(O)C(O)C1O)NC(=O)CCCCCCCCCCCCCCCCCCCCCCCCCCCCCCCCCCCCCCCC. The van der Waals surface area contributed by atoms with Crippen LogP contribution in [0.1, 0.15) is 444 Å². The van der Waals surface area contributed by atoms with Gasteiger partial charge in [-0.15, -0.1) is 0 Å². The van der Waals surface area contributed by atoms with Crippen LogP contribution in [-0.4, -0.2) is 87.5 Å². The third-order valence-electron chi connectivity index (χ3n) is 20.1. The Hall–Kier alpha value is -1.07. The summed E-state index contributed by atoms with van der Waals surface area (Å²) >= 11 is 0. The van der Waals surface area contributed by atoms with Gasteiger partial charge in [-0.3, -0.25) is 4.79 Å². The van der Waals surface area contributed by atoms with Crippen molar-refractivity contribution >= 4 is 5.91 Å². The lowest BCUT2D eigenvalue weighted by molar-refractivity contribution is -0.302. The fraction of sp³-hybridized carbons (Fsp3) is 0.963. The average Bonchev–Trinajstić information content (AvgIpc) is 1.34. The number of aliphatic hydroxyl groups excluding tert-OH is 5. The predicted molar refractivity (Wildman–Crippen MR) is 387 cm³/mol. The minimum Gasteiger partial charge on any atom is -0.394 e. The maximum Gasteiger partial charge on any atom is 0.220 e. The molecule has 6 N–H and O–H groups in total. The zero-order chi connectivity index (χ0) is 64.9. The summed E-state index contributed by atoms with van der Waals surface area (Å²) in [6.45, 7) is 3.86. The van der Waals surface area contributed by atoms with E-state index in [-0.39, 0.29) is 12.5 Å². The Bertz CT molecular complexity index is 1430. The highest BCUT2D eigenvalue weighted by Crippen LogP contribution is 2.24. The van der Waals surface area contributed by atoms with E-state index in [0.717, 1.165) is 38.5 Å². The maximum absolute atomic E-state index is 13.2. The van der Waals surface area contributed by atoms with E-state index in [1.54, 1.807) is 6.08 Å². The smallest absolute Gasteiger partial charge is 0.220 e. The number of hydrogen-bond donors (Lipinski definition) is 6. The first-order valence-corrected chi connectivity index (χ1v) is 40.9. The molecular formula is C81H159NO8. The number of hydrogen-bond acceptors (Lipinski definition) is 8. The molecule has 0 saturated carbocycles. The standard InChI is InChI=1S/C81H159NO8/c1-3-5-7-9-11-13-15-17-19-21-23-25-27-29-31-33-34-35-36-37-38-39-40-41-43-45-47-49-51-53-55-57-59-61-63-65-67-69-71-77(85)82-74(73-89-81-80(88)79(87)78(86)76(72-83)90-81)75(84)70-68-66-64-62-60-58-56-54-52-50-48-46-44-42-32-30-28-26-24-22-20-18-16-14-12-10-8-6-4-2/h68,70,74-76,78-81,83-84,86-88H,3-67,69,71-73H2,1-2H3,(H,82,85)/b70-68+. The normalized spacial score (nSPS) is 17.7. The third kappa shape index (κ3) is 58.3. The maximum atomic E-state index is 13.2. The molecule has 9 nitrogen and oxygen atoms in total. The number of carbonyl (C=O) groups excluding carboxylic acids is 1. The van der Waals surface area contributed by atoms with E-state index in [1.165, 1.54) is 385 Å². The summed E-state index contributed by atoms with van der Waals surface area (Å²) in [5, 5.41) is 54.9. The van der Waals surface area contributed by atoms with Crippen molar-refractivity contribution in [3.8, 4) is 0 Å². The van der Waals surface area contributed by atoms with Gasteiger partial charge in [-0.2, -0.15) is 0 Å². The number of rotatable bonds is 74. The number of allylic oxidation sites excluding steroid dienone is 1. The van der Waals surface area contributed by atoms with Crippen molar-refractivity contribution in [2.45, 2.75) is 487 Å². The fourth-order valence-corrected chi connectivity index (χ4v) is 13.8. The molecule has 0 aromatic carbocycles. The van der Waals surface area contributed by atoms with E-state index in [2.05, 4.69) is 19.2 Å². The van der Waals surface area contributed by atoms with Crippen LogP contribution in [0.2, 0.25) is 0 Å². The molecule has 1 aliphatic rings. The van der Waals surface area contributed by atoms with Gasteiger partial charge in [-0.25, -0.2) is 0 Å². The second-order valence-electron chi connectivity index (χ2n) is 28.9. The van der Waals surface area contributed by atoms with Gasteiger partial charge in [0, 0.05) is 6.42 Å². The highest BCUT2D eigenvalue weighted by atomic mass is 16.7. The highest BCUT2D eigenvalue weighted by molar-refractivity contribution is 5.76. The van der Waals surface area contributed by atoms with Crippen molar-refractivity contribution in [2.75, 3.05) is 13.2 Å². The van der Waals surface area contributed by atoms with E-state index >= 15 is 0 Å². The molecule has 90 heavy (non-hydrogen) atoms. The van der Waals surface area contributed by atoms with Crippen molar-refractivity contribution in [2.24, 2.45) is 0 Å². The molecule has 1 aliphatic heterocycles. The quantitative estimate of drug-likeness (QED) is 0.0261. The molecule has 0 bridgehead atoms. The van der Waals surface area contributed by atoms with Crippen molar-refractivity contribution in [1.82, 2.24) is 5.32 Å². The number of nitrogens with one attached hydrogen (secondary N) is 1. The molecule has 0 aliphatic carbocycles. The van der Waals surface area contributed by atoms with Crippen molar-refractivity contribution < 1.29 is 39.8 Å². The molecule has 9 heteroatoms. The van der Waals surface area contributed by atoms with Crippen LogP contribution < -0.4 is 5.32 Å². The van der Waals surface area contributed by atoms with Crippen molar-refractivity contribution in [3.05, 3.63) is 12.2 Å². The molecule has 1 amide bonds. The van der Waals surface area contributed by atoms with Crippen LogP contribution in [0.4, 0.5) is 0 Å². The zero-order valence-corrected chi connectivity index (χ0v) is 60.4. The Kier molecular flexibility index (Phi) is 68.3. The molecule has 1 fully saturated rings. The van der Waals surface area contributed by atoms with Crippen LogP contribution in [0.15, 0.2) is 12.2 Å². The molecule has 536 valence electrons. The molecule has 1 heterocycles. The summed E-state index contributed by atoms with van der Waals surface area (Å²) in [5.41, 5.74) is 0. The topological polar surface area (TPSA) is 149 Å². The third-order valence-corrected chi connectivity index (χ3v) is 20.1. The summed E-state index contributed by atoms with van der Waals surface area (Å²) in [6, 6.07) is -0.803. The van der Waals surface area contributed by atoms with Gasteiger partial charge in [0.15, 0.2) is 6.29 Å². The van der Waals surface area contributed by atoms with Crippen LogP contribution in [0, 0.1) is 0 Å². The molecule has 7 unspecified atom stereocenters. The number of unbranched alkanes of at least 4 members (excludes halogenated alkanes) is 64. The number of ether oxygens (including phenoxy) is 2. The molecular weight excluding hydrogens is 1110 g/mol. The largest absolute Gasteiger partial charge is 0.394 e. The fourth-order valence-electron chi connectivity index (χ4n) is 13.8. The predicted octanol–water partition coefficient (Wildman–Crippen LogP) is 23.4. The lowest BCUT2D eigenvalue weighted by Crippen LogP contribution is -2.60. The van der Waals surface area contributed by atoms with Crippen LogP contribution in [0.25, 0.3) is 0 Å². The second-order valence-corrected chi connectivity index (χ2v) is 28.9. The lowest BCUT2D eigenvalue weighted by Gasteiger charge is -2.40. The van der Waals surface area contributed by atoms with Gasteiger partial charge in [0.05, 0.1) is 25.4 Å². The van der Waals surface area contributed by atoms with Gasteiger partial charge in [-0.05, 0) is 19.3 Å². The highest BCUT2D eigenvalue weighted by Gasteiger charge is 2.44. The minimum absolute atomic E-state index is 0.165. The molecule has 7 atom stereocenters. The minimum atomic E-state index is -1.57. The molecule has 1 saturated heterocycles. The zero-order valence-electron chi connectivity index (χ0n) is 60.4. The Morgan fingerprint density at radius 1 is 0.367 bits per heavy atom. The van der Waals surface area contributed by atoms with Crippen molar-refractivity contribution in [3.63, 3.8) is 0 Å². The van der Waals surface area contributed by atoms with Gasteiger partial charge in [-0.1, -0.05) is 431 Å². The summed E-state index contributed by atoms with van der Waals surface area (Å²) in [4.78, 5) is 13.2. The summed E-state index contributed by atoms with van der Waals surface area (Å²) in [7, 11) is 0. The Morgan fingerprint density at radius 3 is 0.867 bits per heavy atom. The number of carbonyl (C=O) groups is 1. The van der Waals surface area contributed by atoms with Gasteiger partial charge in [0.1, 0.15) is 24.4 Å². The Morgan fingerprint density at radius 2 is 0.611 bits per heavy atom. The molecule has 0 aromatic heterocycles. The molecule has 0 spiro atoms. The Balaban J connectivity index is 2.04. The average molecular weight is 1280 g/mol. The monoisotopic (exact) mass is 1270 g/mol. The Labute approximate surface area is 560 Å². The van der Waals surface area contributed by atoms with E-state index in [9.17, 15) is 30.3 Å². The van der Waals surface area contributed by atoms with Crippen LogP contribution in [-0.2, 0) is 14.3 Å². The van der Waals surface area contributed by atoms with Crippen LogP contribution in [0.3, 0.4) is 0 Å². The van der Waals surface area contributed by atoms with E-state index in [4.69, 9.17) is 9.47 Å². The van der Waals surface area contributed by atoms with Crippen LogP contribution >= 0.6 is 0 Å². The lowest BCUT2D eigenvalue weighted by atomic mass is 9.99. The first kappa shape index (κ1) is 86.9. The van der Waals surface area contributed by atoms with Gasteiger partial charge in [0.25, 0.3) is 0 Å². The van der Waals surface area contributed by atoms with Gasteiger partial charge in [0.2, 0.25) is 5.91 Å².